The Labute approximate surface area is 96.6 Å². The molecule has 0 spiro atoms. The summed E-state index contributed by atoms with van der Waals surface area (Å²) < 4.78 is 0. The van der Waals surface area contributed by atoms with Crippen molar-refractivity contribution in [2.45, 2.75) is 26.7 Å². The van der Waals surface area contributed by atoms with Crippen LogP contribution in [0, 0.1) is 13.8 Å². The van der Waals surface area contributed by atoms with E-state index in [0.717, 1.165) is 0 Å². The lowest BCUT2D eigenvalue weighted by atomic mass is 9.86. The van der Waals surface area contributed by atoms with Crippen LogP contribution in [0.4, 0.5) is 0 Å². The first kappa shape index (κ1) is 9.65. The van der Waals surface area contributed by atoms with Crippen molar-refractivity contribution in [1.29, 1.82) is 0 Å². The molecule has 2 aromatic carbocycles. The molecule has 0 unspecified atom stereocenters. The smallest absolute Gasteiger partial charge is 0.0146 e. The van der Waals surface area contributed by atoms with E-state index in [1.165, 1.54) is 40.3 Å². The molecule has 0 heteroatoms. The third-order valence-electron chi connectivity index (χ3n) is 3.76. The summed E-state index contributed by atoms with van der Waals surface area (Å²) >= 11 is 0. The van der Waals surface area contributed by atoms with Crippen LogP contribution in [-0.2, 0) is 6.42 Å². The Balaban J connectivity index is 2.50. The van der Waals surface area contributed by atoms with Gasteiger partial charge in [-0.3, -0.25) is 0 Å². The van der Waals surface area contributed by atoms with E-state index < -0.39 is 0 Å². The predicted octanol–water partition coefficient (Wildman–Crippen LogP) is 4.42. The van der Waals surface area contributed by atoms with Crippen LogP contribution in [0.3, 0.4) is 0 Å². The second kappa shape index (κ2) is 3.48. The Kier molecular flexibility index (Phi) is 2.10. The summed E-state index contributed by atoms with van der Waals surface area (Å²) in [6.07, 6.45) is 6.98. The number of aryl methyl sites for hydroxylation is 2. The minimum Gasteiger partial charge on any atom is -0.0836 e. The second-order valence-corrected chi connectivity index (χ2v) is 4.63. The molecule has 0 amide bonds. The fourth-order valence-corrected chi connectivity index (χ4v) is 2.85. The van der Waals surface area contributed by atoms with E-state index in [2.05, 4.69) is 50.3 Å². The Morgan fingerprint density at radius 3 is 2.38 bits per heavy atom. The fourth-order valence-electron chi connectivity index (χ4n) is 2.85. The largest absolute Gasteiger partial charge is 0.0836 e. The zero-order chi connectivity index (χ0) is 11.1. The highest BCUT2D eigenvalue weighted by Gasteiger charge is 2.13. The Hall–Kier alpha value is -1.56. The van der Waals surface area contributed by atoms with Gasteiger partial charge in [0.1, 0.15) is 0 Å². The van der Waals surface area contributed by atoms with Gasteiger partial charge in [-0.1, -0.05) is 36.4 Å². The maximum absolute atomic E-state index is 2.30. The summed E-state index contributed by atoms with van der Waals surface area (Å²) in [7, 11) is 0. The standard InChI is InChI=1S/C16H16/c1-11-13-7-3-5-9-15(13)12(2)16-10-6-4-8-14(11)16/h3-5,7-9H,6,10H2,1-2H3. The highest BCUT2D eigenvalue weighted by Crippen LogP contribution is 2.33. The minimum atomic E-state index is 1.19. The molecule has 0 atom stereocenters. The average Bonchev–Trinajstić information content (AvgIpc) is 2.36. The molecular weight excluding hydrogens is 192 g/mol. The van der Waals surface area contributed by atoms with E-state index >= 15 is 0 Å². The van der Waals surface area contributed by atoms with Crippen LogP contribution in [0.25, 0.3) is 16.8 Å². The third-order valence-corrected chi connectivity index (χ3v) is 3.76. The van der Waals surface area contributed by atoms with Crippen LogP contribution in [0.5, 0.6) is 0 Å². The zero-order valence-corrected chi connectivity index (χ0v) is 9.88. The number of hydrogen-bond acceptors (Lipinski definition) is 0. The SMILES string of the molecule is Cc1c2c(c(C)c3ccccc13)CCC=C2. The summed E-state index contributed by atoms with van der Waals surface area (Å²) in [5.41, 5.74) is 5.92. The molecule has 0 N–H and O–H groups in total. The Bertz CT molecular complexity index is 589. The molecule has 2 aromatic rings. The first-order valence-electron chi connectivity index (χ1n) is 5.96. The van der Waals surface area contributed by atoms with Crippen molar-refractivity contribution in [3.05, 3.63) is 52.6 Å². The van der Waals surface area contributed by atoms with Gasteiger partial charge in [0.15, 0.2) is 0 Å². The van der Waals surface area contributed by atoms with E-state index in [1.807, 2.05) is 0 Å². The number of benzene rings is 2. The lowest BCUT2D eigenvalue weighted by Gasteiger charge is -2.19. The molecule has 0 radical (unpaired) electrons. The van der Waals surface area contributed by atoms with Gasteiger partial charge in [-0.15, -0.1) is 0 Å². The summed E-state index contributed by atoms with van der Waals surface area (Å²) in [6.45, 7) is 4.51. The maximum atomic E-state index is 2.30. The molecule has 0 saturated heterocycles. The predicted molar refractivity (Wildman–Crippen MR) is 70.8 cm³/mol. The summed E-state index contributed by atoms with van der Waals surface area (Å²) in [6, 6.07) is 8.75. The van der Waals surface area contributed by atoms with Crippen LogP contribution in [0.2, 0.25) is 0 Å². The van der Waals surface area contributed by atoms with Crippen molar-refractivity contribution >= 4 is 16.8 Å². The fraction of sp³-hybridized carbons (Fsp3) is 0.250. The molecule has 1 aliphatic carbocycles. The quantitative estimate of drug-likeness (QED) is 0.601. The first-order chi connectivity index (χ1) is 7.79. The molecule has 0 aromatic heterocycles. The third kappa shape index (κ3) is 1.23. The minimum absolute atomic E-state index is 1.19. The lowest BCUT2D eigenvalue weighted by Crippen LogP contribution is -2.01. The Morgan fingerprint density at radius 2 is 1.62 bits per heavy atom. The zero-order valence-electron chi connectivity index (χ0n) is 9.88. The van der Waals surface area contributed by atoms with Gasteiger partial charge >= 0.3 is 0 Å². The van der Waals surface area contributed by atoms with Crippen LogP contribution >= 0.6 is 0 Å². The molecule has 0 heterocycles. The highest BCUT2D eigenvalue weighted by atomic mass is 14.2. The summed E-state index contributed by atoms with van der Waals surface area (Å²) in [5, 5.41) is 2.83. The van der Waals surface area contributed by atoms with Crippen LogP contribution in [0.15, 0.2) is 30.3 Å². The van der Waals surface area contributed by atoms with E-state index in [0.29, 0.717) is 0 Å². The van der Waals surface area contributed by atoms with Gasteiger partial charge in [0.25, 0.3) is 0 Å². The summed E-state index contributed by atoms with van der Waals surface area (Å²) in [5.74, 6) is 0. The molecule has 0 fully saturated rings. The molecule has 3 rings (SSSR count). The number of fused-ring (bicyclic) bond motifs is 2. The molecule has 80 valence electrons. The van der Waals surface area contributed by atoms with Crippen molar-refractivity contribution in [2.24, 2.45) is 0 Å². The van der Waals surface area contributed by atoms with E-state index in [9.17, 15) is 0 Å². The monoisotopic (exact) mass is 208 g/mol. The number of hydrogen-bond donors (Lipinski definition) is 0. The van der Waals surface area contributed by atoms with Crippen molar-refractivity contribution < 1.29 is 0 Å². The average molecular weight is 208 g/mol. The molecule has 1 aliphatic rings. The Morgan fingerprint density at radius 1 is 0.938 bits per heavy atom. The van der Waals surface area contributed by atoms with Crippen molar-refractivity contribution in [3.8, 4) is 0 Å². The topological polar surface area (TPSA) is 0 Å². The van der Waals surface area contributed by atoms with E-state index in [-0.39, 0.29) is 0 Å². The molecule has 0 saturated carbocycles. The van der Waals surface area contributed by atoms with Crippen LogP contribution < -0.4 is 0 Å². The molecule has 0 nitrogen and oxygen atoms in total. The van der Waals surface area contributed by atoms with Gasteiger partial charge in [0.2, 0.25) is 0 Å². The maximum Gasteiger partial charge on any atom is -0.0146 e. The molecule has 16 heavy (non-hydrogen) atoms. The molecule has 0 bridgehead atoms. The van der Waals surface area contributed by atoms with Crippen molar-refractivity contribution in [3.63, 3.8) is 0 Å². The van der Waals surface area contributed by atoms with Gasteiger partial charge in [-0.05, 0) is 59.7 Å². The van der Waals surface area contributed by atoms with Gasteiger partial charge in [0, 0.05) is 0 Å². The van der Waals surface area contributed by atoms with Crippen molar-refractivity contribution in [1.82, 2.24) is 0 Å². The second-order valence-electron chi connectivity index (χ2n) is 4.63. The number of rotatable bonds is 0. The number of allylic oxidation sites excluding steroid dienone is 1. The van der Waals surface area contributed by atoms with Gasteiger partial charge in [-0.2, -0.15) is 0 Å². The van der Waals surface area contributed by atoms with Gasteiger partial charge < -0.3 is 0 Å². The van der Waals surface area contributed by atoms with Gasteiger partial charge in [-0.25, -0.2) is 0 Å². The first-order valence-corrected chi connectivity index (χ1v) is 5.96. The molecule has 0 aliphatic heterocycles. The van der Waals surface area contributed by atoms with E-state index in [1.54, 1.807) is 5.56 Å². The summed E-state index contributed by atoms with van der Waals surface area (Å²) in [4.78, 5) is 0. The highest BCUT2D eigenvalue weighted by molar-refractivity contribution is 5.93. The molecular formula is C16H16. The van der Waals surface area contributed by atoms with Crippen molar-refractivity contribution in [2.75, 3.05) is 0 Å². The van der Waals surface area contributed by atoms with E-state index in [4.69, 9.17) is 0 Å². The normalized spacial score (nSPS) is 14.1. The van der Waals surface area contributed by atoms with Crippen LogP contribution in [-0.4, -0.2) is 0 Å². The van der Waals surface area contributed by atoms with Gasteiger partial charge in [0.05, 0.1) is 0 Å². The lowest BCUT2D eigenvalue weighted by molar-refractivity contribution is 0.972. The van der Waals surface area contributed by atoms with Crippen LogP contribution in [0.1, 0.15) is 28.7 Å².